The third kappa shape index (κ3) is 4.72. The number of rotatable bonds is 5. The van der Waals surface area contributed by atoms with Crippen LogP contribution in [0, 0.1) is 0 Å². The highest BCUT2D eigenvalue weighted by Gasteiger charge is 2.30. The molecule has 3 heteroatoms. The summed E-state index contributed by atoms with van der Waals surface area (Å²) in [6.45, 7) is 10.1. The van der Waals surface area contributed by atoms with Crippen molar-refractivity contribution in [2.24, 2.45) is 0 Å². The first-order valence-corrected chi connectivity index (χ1v) is 8.53. The SMILES string of the molecule is CCc1ccc2c(c1)C=C(/C(C)=C/C=CC(C)=CC(=O)O)C(C)(C)O2. The number of carboxylic acid groups (broad SMARTS) is 1. The van der Waals surface area contributed by atoms with Crippen molar-refractivity contribution in [1.29, 1.82) is 0 Å². The number of hydrogen-bond acceptors (Lipinski definition) is 2. The molecule has 132 valence electrons. The molecule has 0 atom stereocenters. The number of allylic oxidation sites excluding steroid dienone is 4. The average Bonchev–Trinajstić information content (AvgIpc) is 2.52. The molecule has 3 nitrogen and oxygen atoms in total. The highest BCUT2D eigenvalue weighted by atomic mass is 16.5. The molecule has 1 aliphatic heterocycles. The zero-order valence-electron chi connectivity index (χ0n) is 15.6. The molecule has 1 heterocycles. The van der Waals surface area contributed by atoms with Gasteiger partial charge in [-0.1, -0.05) is 31.2 Å². The van der Waals surface area contributed by atoms with E-state index in [0.29, 0.717) is 5.57 Å². The molecule has 0 saturated heterocycles. The van der Waals surface area contributed by atoms with Crippen molar-refractivity contribution in [2.75, 3.05) is 0 Å². The van der Waals surface area contributed by atoms with Crippen LogP contribution in [-0.4, -0.2) is 16.7 Å². The Balaban J connectivity index is 2.34. The molecule has 1 N–H and O–H groups in total. The van der Waals surface area contributed by atoms with Crippen LogP contribution >= 0.6 is 0 Å². The first-order chi connectivity index (χ1) is 11.7. The van der Waals surface area contributed by atoms with E-state index in [1.54, 1.807) is 13.0 Å². The van der Waals surface area contributed by atoms with E-state index < -0.39 is 11.6 Å². The molecule has 0 saturated carbocycles. The van der Waals surface area contributed by atoms with E-state index in [1.165, 1.54) is 11.6 Å². The van der Waals surface area contributed by atoms with Gasteiger partial charge >= 0.3 is 5.97 Å². The summed E-state index contributed by atoms with van der Waals surface area (Å²) in [6, 6.07) is 6.33. The summed E-state index contributed by atoms with van der Waals surface area (Å²) in [4.78, 5) is 10.7. The molecule has 0 fully saturated rings. The van der Waals surface area contributed by atoms with Gasteiger partial charge < -0.3 is 9.84 Å². The highest BCUT2D eigenvalue weighted by molar-refractivity contribution is 5.81. The summed E-state index contributed by atoms with van der Waals surface area (Å²) in [6.07, 6.45) is 10.0. The number of carbonyl (C=O) groups is 1. The smallest absolute Gasteiger partial charge is 0.328 e. The predicted molar refractivity (Wildman–Crippen MR) is 103 cm³/mol. The van der Waals surface area contributed by atoms with Crippen LogP contribution in [0.5, 0.6) is 5.75 Å². The van der Waals surface area contributed by atoms with E-state index in [4.69, 9.17) is 9.84 Å². The fourth-order valence-electron chi connectivity index (χ4n) is 2.95. The van der Waals surface area contributed by atoms with Gasteiger partial charge in [0.1, 0.15) is 11.4 Å². The lowest BCUT2D eigenvalue weighted by atomic mass is 9.87. The van der Waals surface area contributed by atoms with Crippen molar-refractivity contribution in [2.45, 2.75) is 46.6 Å². The summed E-state index contributed by atoms with van der Waals surface area (Å²) in [7, 11) is 0. The Labute approximate surface area is 150 Å². The van der Waals surface area contributed by atoms with Crippen molar-refractivity contribution in [3.8, 4) is 5.75 Å². The minimum absolute atomic E-state index is 0.416. The standard InChI is InChI=1S/C22H26O3/c1-6-17-10-11-20-18(13-17)14-19(22(4,5)25-20)16(3)9-7-8-15(2)12-21(23)24/h7-14H,6H2,1-5H3,(H,23,24)/b8-7?,15-12?,16-9+. The zero-order chi connectivity index (χ0) is 18.6. The Kier molecular flexibility index (Phi) is 5.68. The molecule has 0 radical (unpaired) electrons. The van der Waals surface area contributed by atoms with Crippen LogP contribution in [-0.2, 0) is 11.2 Å². The predicted octanol–water partition coefficient (Wildman–Crippen LogP) is 5.34. The largest absolute Gasteiger partial charge is 0.483 e. The summed E-state index contributed by atoms with van der Waals surface area (Å²) >= 11 is 0. The van der Waals surface area contributed by atoms with Gasteiger partial charge in [0.05, 0.1) is 0 Å². The highest BCUT2D eigenvalue weighted by Crippen LogP contribution is 2.39. The van der Waals surface area contributed by atoms with Gasteiger partial charge in [-0.15, -0.1) is 0 Å². The van der Waals surface area contributed by atoms with Crippen LogP contribution in [0.4, 0.5) is 0 Å². The van der Waals surface area contributed by atoms with E-state index in [0.717, 1.165) is 28.9 Å². The second kappa shape index (κ2) is 7.56. The van der Waals surface area contributed by atoms with E-state index in [9.17, 15) is 4.79 Å². The van der Waals surface area contributed by atoms with Gasteiger partial charge in [-0.05, 0) is 74.6 Å². The monoisotopic (exact) mass is 338 g/mol. The van der Waals surface area contributed by atoms with E-state index >= 15 is 0 Å². The average molecular weight is 338 g/mol. The quantitative estimate of drug-likeness (QED) is 0.582. The number of fused-ring (bicyclic) bond motifs is 1. The molecule has 2 rings (SSSR count). The Morgan fingerprint density at radius 3 is 2.64 bits per heavy atom. The Morgan fingerprint density at radius 1 is 1.28 bits per heavy atom. The molecular formula is C22H26O3. The van der Waals surface area contributed by atoms with Crippen LogP contribution in [0.3, 0.4) is 0 Å². The number of ether oxygens (including phenoxy) is 1. The van der Waals surface area contributed by atoms with E-state index in [1.807, 2.05) is 25.1 Å². The Bertz CT molecular complexity index is 789. The second-order valence-electron chi connectivity index (χ2n) is 6.83. The molecule has 0 unspecified atom stereocenters. The van der Waals surface area contributed by atoms with Crippen LogP contribution in [0.1, 0.15) is 45.7 Å². The maximum atomic E-state index is 10.7. The topological polar surface area (TPSA) is 46.5 Å². The molecule has 1 aromatic rings. The van der Waals surface area contributed by atoms with Gasteiger partial charge in [0.25, 0.3) is 0 Å². The number of hydrogen-bond donors (Lipinski definition) is 1. The van der Waals surface area contributed by atoms with Crippen LogP contribution in [0.25, 0.3) is 6.08 Å². The molecule has 25 heavy (non-hydrogen) atoms. The van der Waals surface area contributed by atoms with Gasteiger partial charge in [0.2, 0.25) is 0 Å². The maximum absolute atomic E-state index is 10.7. The van der Waals surface area contributed by atoms with Crippen molar-refractivity contribution in [3.05, 3.63) is 70.3 Å². The second-order valence-corrected chi connectivity index (χ2v) is 6.83. The van der Waals surface area contributed by atoms with Crippen molar-refractivity contribution >= 4 is 12.0 Å². The summed E-state index contributed by atoms with van der Waals surface area (Å²) in [5.74, 6) is -0.0229. The van der Waals surface area contributed by atoms with Crippen LogP contribution in [0.15, 0.2) is 59.2 Å². The summed E-state index contributed by atoms with van der Waals surface area (Å²) < 4.78 is 6.21. The van der Waals surface area contributed by atoms with Crippen LogP contribution in [0.2, 0.25) is 0 Å². The maximum Gasteiger partial charge on any atom is 0.328 e. The molecule has 0 spiro atoms. The molecule has 1 aliphatic rings. The van der Waals surface area contributed by atoms with Crippen molar-refractivity contribution in [3.63, 3.8) is 0 Å². The summed E-state index contributed by atoms with van der Waals surface area (Å²) in [5.41, 5.74) is 4.89. The van der Waals surface area contributed by atoms with Gasteiger partial charge in [-0.2, -0.15) is 0 Å². The molecular weight excluding hydrogens is 312 g/mol. The van der Waals surface area contributed by atoms with Gasteiger partial charge in [0, 0.05) is 11.6 Å². The molecule has 0 aromatic heterocycles. The molecule has 0 aliphatic carbocycles. The molecule has 0 amide bonds. The van der Waals surface area contributed by atoms with Gasteiger partial charge in [0.15, 0.2) is 0 Å². The minimum Gasteiger partial charge on any atom is -0.483 e. The normalized spacial score (nSPS) is 17.1. The first-order valence-electron chi connectivity index (χ1n) is 8.53. The lowest BCUT2D eigenvalue weighted by molar-refractivity contribution is -0.131. The first kappa shape index (κ1) is 18.8. The van der Waals surface area contributed by atoms with E-state index in [2.05, 4.69) is 39.0 Å². The van der Waals surface area contributed by atoms with Gasteiger partial charge in [-0.3, -0.25) is 0 Å². The van der Waals surface area contributed by atoms with Crippen LogP contribution < -0.4 is 4.74 Å². The minimum atomic E-state index is -0.935. The van der Waals surface area contributed by atoms with Gasteiger partial charge in [-0.25, -0.2) is 4.79 Å². The Morgan fingerprint density at radius 2 is 2.00 bits per heavy atom. The third-order valence-corrected chi connectivity index (χ3v) is 4.28. The van der Waals surface area contributed by atoms with E-state index in [-0.39, 0.29) is 0 Å². The third-order valence-electron chi connectivity index (χ3n) is 4.28. The van der Waals surface area contributed by atoms with Crippen molar-refractivity contribution in [1.82, 2.24) is 0 Å². The molecule has 0 bridgehead atoms. The zero-order valence-corrected chi connectivity index (χ0v) is 15.6. The number of aryl methyl sites for hydroxylation is 1. The Hall–Kier alpha value is -2.55. The molecule has 1 aromatic carbocycles. The fourth-order valence-corrected chi connectivity index (χ4v) is 2.95. The lowest BCUT2D eigenvalue weighted by Gasteiger charge is -2.34. The number of aliphatic carboxylic acids is 1. The number of benzene rings is 1. The number of carboxylic acids is 1. The van der Waals surface area contributed by atoms with Crippen molar-refractivity contribution < 1.29 is 14.6 Å². The summed E-state index contributed by atoms with van der Waals surface area (Å²) in [5, 5.41) is 8.75. The lowest BCUT2D eigenvalue weighted by Crippen LogP contribution is -2.33. The fraction of sp³-hybridized carbons (Fsp3) is 0.318.